The van der Waals surface area contributed by atoms with E-state index in [-0.39, 0.29) is 104 Å². The highest BCUT2D eigenvalue weighted by atomic mass is 32.1. The number of aliphatic carboxylic acids is 3. The van der Waals surface area contributed by atoms with Gasteiger partial charge >= 0.3 is 23.9 Å². The Hall–Kier alpha value is -11.2. The van der Waals surface area contributed by atoms with E-state index < -0.39 is 188 Å². The number of aliphatic hydroxyl groups excluding tert-OH is 1. The first-order chi connectivity index (χ1) is 54.9. The van der Waals surface area contributed by atoms with Crippen molar-refractivity contribution in [3.63, 3.8) is 0 Å². The summed E-state index contributed by atoms with van der Waals surface area (Å²) in [6, 6.07) is 0.966. The number of phenolic OH excluding ortho intramolecular Hbond substituents is 2. The predicted molar refractivity (Wildman–Crippen MR) is 413 cm³/mol. The number of benzene rings is 3. The molecule has 4 fully saturated rings. The fraction of sp³-hybridized carbons (Fsp3) is 0.564. The van der Waals surface area contributed by atoms with Gasteiger partial charge in [0.1, 0.15) is 83.5 Å². The molecule has 36 nitrogen and oxygen atoms in total. The van der Waals surface area contributed by atoms with E-state index in [4.69, 9.17) is 32.3 Å². The number of aliphatic hydroxyl groups is 1. The van der Waals surface area contributed by atoms with E-state index in [1.807, 2.05) is 0 Å². The molecule has 6 aliphatic heterocycles. The van der Waals surface area contributed by atoms with E-state index >= 15 is 4.79 Å². The van der Waals surface area contributed by atoms with Crippen molar-refractivity contribution in [3.8, 4) is 23.0 Å². The maximum Gasteiger partial charge on any atom is 0.340 e. The highest BCUT2D eigenvalue weighted by molar-refractivity contribution is 7.80. The van der Waals surface area contributed by atoms with Gasteiger partial charge in [0.25, 0.3) is 0 Å². The lowest BCUT2D eigenvalue weighted by atomic mass is 9.77. The van der Waals surface area contributed by atoms with Gasteiger partial charge in [0, 0.05) is 99.0 Å². The second kappa shape index (κ2) is 40.7. The Morgan fingerprint density at radius 3 is 1.83 bits per heavy atom. The number of likely N-dealkylation sites (tertiary alicyclic amines) is 4. The zero-order chi connectivity index (χ0) is 83.4. The van der Waals surface area contributed by atoms with Gasteiger partial charge in [0.05, 0.1) is 18.2 Å². The van der Waals surface area contributed by atoms with Gasteiger partial charge in [-0.1, -0.05) is 44.2 Å². The molecule has 0 saturated carbocycles. The summed E-state index contributed by atoms with van der Waals surface area (Å²) < 4.78 is 12.2. The number of carbonyl (C=O) groups excluding carboxylic acids is 11. The van der Waals surface area contributed by atoms with E-state index in [9.17, 15) is 93.0 Å². The van der Waals surface area contributed by atoms with Crippen LogP contribution in [-0.4, -0.2) is 244 Å². The van der Waals surface area contributed by atoms with Crippen LogP contribution in [0.2, 0.25) is 0 Å². The van der Waals surface area contributed by atoms with Crippen LogP contribution >= 0.6 is 12.2 Å². The lowest BCUT2D eigenvalue weighted by Crippen LogP contribution is -2.62. The predicted octanol–water partition coefficient (Wildman–Crippen LogP) is 3.11. The van der Waals surface area contributed by atoms with Crippen molar-refractivity contribution in [2.24, 2.45) is 10.9 Å². The van der Waals surface area contributed by atoms with Crippen molar-refractivity contribution in [3.05, 3.63) is 76.9 Å². The number of hydrogen-bond acceptors (Lipinski definition) is 22. The first-order valence-corrected chi connectivity index (χ1v) is 39.6. The molecule has 0 aliphatic carbocycles. The molecular weight excluding hydrogens is 1520 g/mol. The zero-order valence-electron chi connectivity index (χ0n) is 64.5. The van der Waals surface area contributed by atoms with Crippen molar-refractivity contribution in [1.82, 2.24) is 51.5 Å². The van der Waals surface area contributed by atoms with Crippen LogP contribution in [0, 0.1) is 0 Å². The number of nitrogens with one attached hydrogen (secondary N) is 7. The highest BCUT2D eigenvalue weighted by Crippen LogP contribution is 2.57. The van der Waals surface area contributed by atoms with Gasteiger partial charge in [-0.25, -0.2) is 4.79 Å². The molecule has 6 aliphatic rings. The van der Waals surface area contributed by atoms with Gasteiger partial charge < -0.3 is 108 Å². The van der Waals surface area contributed by atoms with Crippen LogP contribution in [0.1, 0.15) is 202 Å². The second-order valence-electron chi connectivity index (χ2n) is 29.8. The number of unbranched alkanes of at least 4 members (excludes halogenated alkanes) is 7. The molecule has 37 heteroatoms. The van der Waals surface area contributed by atoms with Crippen LogP contribution in [-0.2, 0) is 77.5 Å². The number of carboxylic acid groups (broad SMARTS) is 3. The van der Waals surface area contributed by atoms with Crippen LogP contribution in [0.5, 0.6) is 23.0 Å². The van der Waals surface area contributed by atoms with E-state index in [1.54, 1.807) is 36.5 Å². The average Bonchev–Trinajstić information content (AvgIpc) is 1.59. The number of rotatable bonds is 39. The Labute approximate surface area is 668 Å². The van der Waals surface area contributed by atoms with Gasteiger partial charge in [0.15, 0.2) is 10.7 Å². The minimum atomic E-state index is -1.75. The van der Waals surface area contributed by atoms with Crippen LogP contribution in [0.25, 0.3) is 0 Å². The standard InChI is InChI=1S/C78H103N13O23S/c1-4-5-6-7-8-9-12-34-81-114-48-41-59(71(106)85-54(28-31-64(98)99)68(103)84-53(67(79)102)27-30-63(96)97)91(42-48)75(110)58-17-11-14-35-90(58)73(108)43(2)82-72(107)66(44(3)92)87-70(105)57-19-16-37-89(57)74(109)55(29-32-65(100)101)86-69(104)56-18-15-36-88(56)62(95)20-10-13-33-80-77(115)83-45-21-24-49-52(38-45)78(113-76(49)111)50-25-22-46(93)39-60(50)112-61-40-47(94)23-26-51(61)78/h21-26,34,38-40,43-44,48,53-59,66,92-94H,4-20,27-33,35-37,41-42H2,1-3H3,(H2,79,102)(H,82,107)(H,84,103)(H,85,106)(H,86,104)(H,87,105)(H,96,97)(H,98,99)(H,100,101)(H2,80,83,115)/b81-34-/t43-,44+,48-,53-,54-,55-,56-,57-,58?,59-,66-/m0/s1. The first kappa shape index (κ1) is 87.7. The molecule has 10 amide bonds. The normalized spacial score (nSPS) is 20.0. The van der Waals surface area contributed by atoms with Crippen molar-refractivity contribution >= 4 is 112 Å². The number of phenols is 2. The van der Waals surface area contributed by atoms with Gasteiger partial charge in [-0.05, 0) is 158 Å². The van der Waals surface area contributed by atoms with Crippen LogP contribution in [0.4, 0.5) is 5.69 Å². The van der Waals surface area contributed by atoms with E-state index in [2.05, 4.69) is 49.3 Å². The SMILES string of the molecule is CCCCCCCC/C=N\O[C@H]1C[C@@H](C(=O)N[C@@H](CCC(=O)O)C(=O)N[C@@H](CCC(=O)O)C(N)=O)N(C(=O)C2CCCCN2C(=O)[C@H](C)NC(=O)[C@@H](NC(=O)[C@@H]2CCCN2C(=O)[C@H](CCC(=O)O)NC(=O)[C@@H]2CCCN2C(=O)CCCCNC(=S)Nc2ccc3c(c2)C2(OC3=O)c3ccc(O)cc3Oc3cc(O)ccc32)[C@@H](C)O)C1. The van der Waals surface area contributed by atoms with Crippen molar-refractivity contribution in [2.45, 2.75) is 247 Å². The summed E-state index contributed by atoms with van der Waals surface area (Å²) >= 11 is 5.64. The number of piperidine rings is 1. The fourth-order valence-electron chi connectivity index (χ4n) is 15.4. The smallest absolute Gasteiger partial charge is 0.340 e. The number of nitrogens with two attached hydrogens (primary N) is 1. The maximum absolute atomic E-state index is 15.0. The number of anilines is 1. The largest absolute Gasteiger partial charge is 0.508 e. The van der Waals surface area contributed by atoms with Crippen molar-refractivity contribution < 1.29 is 112 Å². The van der Waals surface area contributed by atoms with Gasteiger partial charge in [-0.2, -0.15) is 0 Å². The van der Waals surface area contributed by atoms with Crippen LogP contribution in [0.15, 0.2) is 59.8 Å². The molecule has 1 spiro atoms. The first-order valence-electron chi connectivity index (χ1n) is 39.2. The molecule has 0 radical (unpaired) electrons. The molecule has 1 unspecified atom stereocenters. The Morgan fingerprint density at radius 2 is 1.19 bits per heavy atom. The topological polar surface area (TPSA) is 524 Å². The molecule has 11 atom stereocenters. The summed E-state index contributed by atoms with van der Waals surface area (Å²) in [4.78, 5) is 201. The number of nitrogens with zero attached hydrogens (tertiary/aromatic N) is 5. The van der Waals surface area contributed by atoms with Gasteiger partial charge in [-0.15, -0.1) is 0 Å². The third-order valence-corrected chi connectivity index (χ3v) is 21.6. The second-order valence-corrected chi connectivity index (χ2v) is 30.2. The number of carboxylic acids is 3. The quantitative estimate of drug-likeness (QED) is 0.0128. The summed E-state index contributed by atoms with van der Waals surface area (Å²) in [6.45, 7) is 4.87. The number of fused-ring (bicyclic) bond motifs is 6. The summed E-state index contributed by atoms with van der Waals surface area (Å²) in [5.74, 6) is -12.8. The third kappa shape index (κ3) is 22.4. The number of ether oxygens (including phenoxy) is 2. The van der Waals surface area contributed by atoms with Gasteiger partial charge in [-0.3, -0.25) is 62.3 Å². The van der Waals surface area contributed by atoms with Crippen molar-refractivity contribution in [2.75, 3.05) is 38.0 Å². The summed E-state index contributed by atoms with van der Waals surface area (Å²) in [5.41, 5.74) is 6.04. The summed E-state index contributed by atoms with van der Waals surface area (Å²) in [6.07, 6.45) is 5.09. The minimum absolute atomic E-state index is 0.00747. The number of thiocarbonyl (C=S) groups is 1. The number of amides is 10. The Bertz CT molecular complexity index is 4130. The highest BCUT2D eigenvalue weighted by Gasteiger charge is 2.55. The van der Waals surface area contributed by atoms with E-state index in [0.29, 0.717) is 67.4 Å². The lowest BCUT2D eigenvalue weighted by molar-refractivity contribution is -0.151. The Morgan fingerprint density at radius 1 is 0.617 bits per heavy atom. The maximum atomic E-state index is 15.0. The molecule has 15 N–H and O–H groups in total. The molecule has 4 saturated heterocycles. The molecule has 115 heavy (non-hydrogen) atoms. The third-order valence-electron chi connectivity index (χ3n) is 21.4. The van der Waals surface area contributed by atoms with Crippen LogP contribution in [0.3, 0.4) is 0 Å². The molecule has 9 rings (SSSR count). The Kier molecular flexibility index (Phi) is 31.0. The molecule has 6 heterocycles. The number of hydrogen-bond donors (Lipinski definition) is 14. The lowest BCUT2D eigenvalue weighted by Gasteiger charge is -2.39. The van der Waals surface area contributed by atoms with Gasteiger partial charge in [0.2, 0.25) is 59.1 Å². The number of carbonyl (C=O) groups is 14. The Balaban J connectivity index is 0.786. The summed E-state index contributed by atoms with van der Waals surface area (Å²) in [5, 5.41) is 83.4. The number of oxime groups is 1. The zero-order valence-corrected chi connectivity index (χ0v) is 65.3. The fourth-order valence-corrected chi connectivity index (χ4v) is 15.7. The van der Waals surface area contributed by atoms with E-state index in [0.717, 1.165) is 48.3 Å². The monoisotopic (exact) mass is 1620 g/mol. The molecule has 0 bridgehead atoms. The summed E-state index contributed by atoms with van der Waals surface area (Å²) in [7, 11) is 0. The molecule has 3 aromatic rings. The molecule has 624 valence electrons. The minimum Gasteiger partial charge on any atom is -0.508 e. The number of aromatic hydroxyl groups is 2. The molecule has 3 aromatic carbocycles. The van der Waals surface area contributed by atoms with Crippen LogP contribution < -0.4 is 47.7 Å². The average molecular weight is 1620 g/mol. The molecule has 0 aromatic heterocycles. The van der Waals surface area contributed by atoms with Crippen molar-refractivity contribution in [1.29, 1.82) is 0 Å². The van der Waals surface area contributed by atoms with E-state index in [1.165, 1.54) is 47.9 Å². The molecular formula is C78H103N13O23S. The number of esters is 1. The number of primary amides is 1.